The highest BCUT2D eigenvalue weighted by molar-refractivity contribution is 7.14. The zero-order valence-corrected chi connectivity index (χ0v) is 30.7. The summed E-state index contributed by atoms with van der Waals surface area (Å²) in [6.45, 7) is 11.8. The minimum Gasteiger partial charge on any atom is -0.481 e. The molecular formula is C40H56N4O4S. The van der Waals surface area contributed by atoms with Crippen LogP contribution in [-0.2, 0) is 29.0 Å². The van der Waals surface area contributed by atoms with Crippen molar-refractivity contribution in [1.29, 1.82) is 0 Å². The maximum atomic E-state index is 11.0. The molecule has 3 aliphatic rings. The van der Waals surface area contributed by atoms with Gasteiger partial charge in [-0.1, -0.05) is 76.8 Å². The Kier molecular flexibility index (Phi) is 17.2. The second kappa shape index (κ2) is 21.3. The van der Waals surface area contributed by atoms with E-state index in [1.54, 1.807) is 18.4 Å². The number of carbonyl (C=O) groups excluding carboxylic acids is 2. The van der Waals surface area contributed by atoms with Crippen LogP contribution < -0.4 is 5.32 Å². The van der Waals surface area contributed by atoms with E-state index >= 15 is 0 Å². The number of nitrogens with one attached hydrogen (secondary N) is 1. The number of carboxylic acids is 1. The van der Waals surface area contributed by atoms with Gasteiger partial charge in [-0.15, -0.1) is 11.3 Å². The first-order chi connectivity index (χ1) is 23.7. The second-order valence-corrected chi connectivity index (χ2v) is 14.5. The molecule has 266 valence electrons. The minimum absolute atomic E-state index is 0.00898. The monoisotopic (exact) mass is 688 g/mol. The van der Waals surface area contributed by atoms with Crippen LogP contribution in [-0.4, -0.2) is 61.4 Å². The summed E-state index contributed by atoms with van der Waals surface area (Å²) < 4.78 is 0. The highest BCUT2D eigenvalue weighted by Gasteiger charge is 2.31. The average Bonchev–Trinajstić information content (AvgIpc) is 3.49. The maximum Gasteiger partial charge on any atom is 0.310 e. The number of hydrogen-bond acceptors (Lipinski definition) is 6. The molecule has 9 heteroatoms. The summed E-state index contributed by atoms with van der Waals surface area (Å²) in [5.74, 6) is 1.61. The summed E-state index contributed by atoms with van der Waals surface area (Å²) in [5, 5.41) is 10.9. The zero-order valence-electron chi connectivity index (χ0n) is 29.9. The van der Waals surface area contributed by atoms with E-state index in [0.717, 1.165) is 47.5 Å². The molecule has 2 aliphatic carbocycles. The number of carboxylic acid groups (broad SMARTS) is 1. The molecule has 1 saturated carbocycles. The van der Waals surface area contributed by atoms with Crippen LogP contribution in [0.25, 0.3) is 0 Å². The van der Waals surface area contributed by atoms with Crippen LogP contribution in [0, 0.1) is 23.7 Å². The van der Waals surface area contributed by atoms with Crippen LogP contribution in [0.5, 0.6) is 0 Å². The van der Waals surface area contributed by atoms with E-state index in [0.29, 0.717) is 26.0 Å². The van der Waals surface area contributed by atoms with E-state index in [-0.39, 0.29) is 11.8 Å². The first kappa shape index (κ1) is 39.6. The van der Waals surface area contributed by atoms with Gasteiger partial charge < -0.3 is 15.3 Å². The van der Waals surface area contributed by atoms with E-state index in [1.807, 2.05) is 24.5 Å². The number of thiophene rings is 1. The molecular weight excluding hydrogens is 633 g/mol. The van der Waals surface area contributed by atoms with Gasteiger partial charge in [0, 0.05) is 43.0 Å². The number of carbonyl (C=O) groups is 3. The quantitative estimate of drug-likeness (QED) is 0.141. The smallest absolute Gasteiger partial charge is 0.310 e. The fourth-order valence-electron chi connectivity index (χ4n) is 6.53. The number of allylic oxidation sites excluding steroid dienone is 3. The van der Waals surface area contributed by atoms with Crippen molar-refractivity contribution in [3.05, 3.63) is 80.7 Å². The standard InChI is InChI=1S/C27H38N2.C8H11NOS.C5H7NO3/c1-4-22-9-11-23(12-10-22)18-29-20-27(19-28-3)26-16-14-25(15-17-26)24-7-5-6-21(2)8-13-24;1-3-6-4-5-7(11-6)8(10)9-2;7-3-6-1-4(2-6)5(8)9/h9-12,16,19-21,24-25H,3-8,13-15,17-18H2,1-2H3;4-5H,3H2,1-2H3,(H,9,10);3-4H,1-2H2,(H,8,9)/b27-19+,29-20?;;/t21?,24-,25?;;/m0../s1. The van der Waals surface area contributed by atoms with Gasteiger partial charge in [-0.2, -0.15) is 0 Å². The number of aryl methyl sites for hydroxylation is 2. The van der Waals surface area contributed by atoms with E-state index in [9.17, 15) is 14.4 Å². The summed E-state index contributed by atoms with van der Waals surface area (Å²) in [6.07, 6.45) is 19.9. The third kappa shape index (κ3) is 13.2. The lowest BCUT2D eigenvalue weighted by molar-refractivity contribution is -0.149. The lowest BCUT2D eigenvalue weighted by Gasteiger charge is -2.32. The van der Waals surface area contributed by atoms with Crippen LogP contribution in [0.15, 0.2) is 69.8 Å². The van der Waals surface area contributed by atoms with Crippen molar-refractivity contribution in [2.24, 2.45) is 33.7 Å². The van der Waals surface area contributed by atoms with Gasteiger partial charge in [0.15, 0.2) is 0 Å². The van der Waals surface area contributed by atoms with Crippen LogP contribution in [0.3, 0.4) is 0 Å². The van der Waals surface area contributed by atoms with Gasteiger partial charge in [-0.3, -0.25) is 24.4 Å². The highest BCUT2D eigenvalue weighted by atomic mass is 32.1. The van der Waals surface area contributed by atoms with Crippen LogP contribution >= 0.6 is 11.3 Å². The third-order valence-corrected chi connectivity index (χ3v) is 11.1. The minimum atomic E-state index is -0.812. The zero-order chi connectivity index (χ0) is 35.6. The molecule has 0 spiro atoms. The van der Waals surface area contributed by atoms with Crippen LogP contribution in [0.2, 0.25) is 0 Å². The van der Waals surface area contributed by atoms with Gasteiger partial charge in [-0.05, 0) is 91.8 Å². The Morgan fingerprint density at radius 2 is 1.73 bits per heavy atom. The van der Waals surface area contributed by atoms with Gasteiger partial charge >= 0.3 is 5.97 Å². The number of aliphatic imine (C=N–C) groups is 2. The Hall–Kier alpha value is -3.85. The Labute approximate surface area is 297 Å². The highest BCUT2D eigenvalue weighted by Crippen LogP contribution is 2.39. The Morgan fingerprint density at radius 3 is 2.31 bits per heavy atom. The molecule has 2 aromatic rings. The molecule has 8 nitrogen and oxygen atoms in total. The number of rotatable bonds is 11. The molecule has 2 heterocycles. The predicted octanol–water partition coefficient (Wildman–Crippen LogP) is 8.18. The summed E-state index contributed by atoms with van der Waals surface area (Å²) in [6, 6.07) is 12.6. The Morgan fingerprint density at radius 1 is 1.00 bits per heavy atom. The Bertz CT molecular complexity index is 1440. The molecule has 1 saturated heterocycles. The summed E-state index contributed by atoms with van der Waals surface area (Å²) >= 11 is 1.55. The Balaban J connectivity index is 0.000000263. The van der Waals surface area contributed by atoms with Crippen LogP contribution in [0.4, 0.5) is 0 Å². The number of benzene rings is 1. The van der Waals surface area contributed by atoms with E-state index in [4.69, 9.17) is 10.1 Å². The molecule has 2 N–H and O–H groups in total. The largest absolute Gasteiger partial charge is 0.481 e. The molecule has 49 heavy (non-hydrogen) atoms. The van der Waals surface area contributed by atoms with E-state index in [2.05, 4.69) is 68.1 Å². The predicted molar refractivity (Wildman–Crippen MR) is 203 cm³/mol. The number of nitrogens with zero attached hydrogens (tertiary/aromatic N) is 3. The van der Waals surface area contributed by atoms with Crippen molar-refractivity contribution in [2.75, 3.05) is 20.1 Å². The van der Waals surface area contributed by atoms with E-state index in [1.165, 1.54) is 71.4 Å². The maximum absolute atomic E-state index is 11.0. The fourth-order valence-corrected chi connectivity index (χ4v) is 7.42. The van der Waals surface area contributed by atoms with Crippen molar-refractivity contribution in [3.8, 4) is 0 Å². The first-order valence-electron chi connectivity index (χ1n) is 17.9. The number of hydrogen-bond donors (Lipinski definition) is 2. The molecule has 2 fully saturated rings. The number of amides is 2. The number of aliphatic carboxylic acids is 1. The molecule has 0 bridgehead atoms. The molecule has 1 aromatic heterocycles. The molecule has 0 radical (unpaired) electrons. The van der Waals surface area contributed by atoms with E-state index < -0.39 is 5.97 Å². The summed E-state index contributed by atoms with van der Waals surface area (Å²) in [4.78, 5) is 43.3. The average molecular weight is 689 g/mol. The van der Waals surface area contributed by atoms with Gasteiger partial charge in [0.1, 0.15) is 0 Å². The lowest BCUT2D eigenvalue weighted by Crippen LogP contribution is -2.49. The summed E-state index contributed by atoms with van der Waals surface area (Å²) in [5.41, 5.74) is 5.17. The fraction of sp³-hybridized carbons (Fsp3) is 0.525. The van der Waals surface area contributed by atoms with Gasteiger partial charge in [0.25, 0.3) is 5.91 Å². The molecule has 1 aromatic carbocycles. The van der Waals surface area contributed by atoms with Crippen molar-refractivity contribution >= 4 is 42.6 Å². The second-order valence-electron chi connectivity index (χ2n) is 13.3. The summed E-state index contributed by atoms with van der Waals surface area (Å²) in [7, 11) is 1.65. The third-order valence-electron chi connectivity index (χ3n) is 9.83. The topological polar surface area (TPSA) is 111 Å². The molecule has 2 amide bonds. The van der Waals surface area contributed by atoms with Gasteiger partial charge in [0.2, 0.25) is 6.41 Å². The van der Waals surface area contributed by atoms with Gasteiger partial charge in [-0.25, -0.2) is 0 Å². The molecule has 5 rings (SSSR count). The molecule has 3 atom stereocenters. The van der Waals surface area contributed by atoms with Crippen molar-refractivity contribution in [3.63, 3.8) is 0 Å². The van der Waals surface area contributed by atoms with Crippen molar-refractivity contribution in [1.82, 2.24) is 10.2 Å². The van der Waals surface area contributed by atoms with Crippen molar-refractivity contribution in [2.45, 2.75) is 91.5 Å². The van der Waals surface area contributed by atoms with Crippen molar-refractivity contribution < 1.29 is 19.5 Å². The molecule has 2 unspecified atom stereocenters. The first-order valence-corrected chi connectivity index (χ1v) is 18.7. The van der Waals surface area contributed by atoms with Crippen LogP contribution in [0.1, 0.15) is 97.8 Å². The number of likely N-dealkylation sites (tertiary alicyclic amines) is 1. The molecule has 1 aliphatic heterocycles. The normalized spacial score (nSPS) is 21.1. The SMILES string of the molecule is C=N/C=C(\C=NCc1ccc(CC)cc1)C1=CCC([C@H]2CCCC(C)CC2)CC1.CCc1ccc(C(=O)NC)s1.O=CN1CC(C(=O)O)C1. The lowest BCUT2D eigenvalue weighted by atomic mass is 9.76. The van der Waals surface area contributed by atoms with Gasteiger partial charge in [0.05, 0.1) is 17.3 Å².